The highest BCUT2D eigenvalue weighted by atomic mass is 35.5. The van der Waals surface area contributed by atoms with Crippen LogP contribution in [0.2, 0.25) is 0 Å². The van der Waals surface area contributed by atoms with Gasteiger partial charge in [-0.15, -0.1) is 19.0 Å². The van der Waals surface area contributed by atoms with E-state index in [4.69, 9.17) is 11.0 Å². The van der Waals surface area contributed by atoms with Gasteiger partial charge in [-0.25, -0.2) is 0 Å². The normalized spacial score (nSPS) is 10.9. The first-order chi connectivity index (χ1) is 6.27. The molecule has 0 unspecified atom stereocenters. The van der Waals surface area contributed by atoms with E-state index in [1.54, 1.807) is 12.1 Å². The molecule has 1 aromatic rings. The number of halogens is 1. The van der Waals surface area contributed by atoms with Gasteiger partial charge in [-0.3, -0.25) is 0 Å². The zero-order valence-corrected chi connectivity index (χ0v) is 8.63. The number of rotatable bonds is 3. The topological polar surface area (TPSA) is 49.8 Å². The molecule has 0 fully saturated rings. The van der Waals surface area contributed by atoms with Crippen molar-refractivity contribution in [3.05, 3.63) is 48.0 Å². The van der Waals surface area contributed by atoms with Gasteiger partial charge in [0.05, 0.1) is 11.6 Å². The van der Waals surface area contributed by atoms with Gasteiger partial charge in [0.15, 0.2) is 0 Å². The summed E-state index contributed by atoms with van der Waals surface area (Å²) in [6.45, 7) is 3.62. The molecule has 1 atom stereocenters. The van der Waals surface area contributed by atoms with Crippen LogP contribution < -0.4 is 5.73 Å². The predicted molar refractivity (Wildman–Crippen MR) is 60.1 cm³/mol. The molecule has 74 valence electrons. The average molecular weight is 209 g/mol. The highest BCUT2D eigenvalue weighted by Crippen LogP contribution is 2.15. The van der Waals surface area contributed by atoms with Crippen LogP contribution in [0.1, 0.15) is 23.6 Å². The number of hydrogen-bond donors (Lipinski definition) is 1. The maximum Gasteiger partial charge on any atom is 0.0991 e. The molecule has 0 bridgehead atoms. The number of benzene rings is 1. The lowest BCUT2D eigenvalue weighted by atomic mass is 10.0. The van der Waals surface area contributed by atoms with Crippen LogP contribution in [0.25, 0.3) is 0 Å². The number of nitrogens with zero attached hydrogens (tertiary/aromatic N) is 1. The fourth-order valence-electron chi connectivity index (χ4n) is 1.15. The maximum absolute atomic E-state index is 8.66. The Balaban J connectivity index is 0.00000169. The van der Waals surface area contributed by atoms with Gasteiger partial charge in [0.1, 0.15) is 0 Å². The molecule has 0 spiro atoms. The lowest BCUT2D eigenvalue weighted by Crippen LogP contribution is -2.08. The van der Waals surface area contributed by atoms with E-state index in [1.165, 1.54) is 0 Å². The Bertz CT molecular complexity index is 341. The molecule has 2 N–H and O–H groups in total. The summed E-state index contributed by atoms with van der Waals surface area (Å²) >= 11 is 0. The van der Waals surface area contributed by atoms with Crippen molar-refractivity contribution in [2.75, 3.05) is 0 Å². The summed E-state index contributed by atoms with van der Waals surface area (Å²) < 4.78 is 0. The van der Waals surface area contributed by atoms with Gasteiger partial charge in [-0.1, -0.05) is 18.2 Å². The molecule has 14 heavy (non-hydrogen) atoms. The third-order valence-corrected chi connectivity index (χ3v) is 1.86. The van der Waals surface area contributed by atoms with E-state index in [9.17, 15) is 0 Å². The fraction of sp³-hybridized carbons (Fsp3) is 0.182. The first-order valence-corrected chi connectivity index (χ1v) is 4.14. The van der Waals surface area contributed by atoms with Crippen molar-refractivity contribution in [3.63, 3.8) is 0 Å². The van der Waals surface area contributed by atoms with E-state index in [-0.39, 0.29) is 18.4 Å². The van der Waals surface area contributed by atoms with Crippen LogP contribution in [0.5, 0.6) is 0 Å². The Hall–Kier alpha value is -1.30. The largest absolute Gasteiger partial charge is 0.324 e. The van der Waals surface area contributed by atoms with Gasteiger partial charge >= 0.3 is 0 Å². The molecule has 3 heteroatoms. The van der Waals surface area contributed by atoms with Crippen molar-refractivity contribution in [1.29, 1.82) is 5.26 Å². The molecule has 0 aromatic heterocycles. The molecular formula is C11H13ClN2. The maximum atomic E-state index is 8.66. The Morgan fingerprint density at radius 1 is 1.57 bits per heavy atom. The minimum atomic E-state index is -0.0502. The van der Waals surface area contributed by atoms with Crippen molar-refractivity contribution < 1.29 is 0 Å². The van der Waals surface area contributed by atoms with E-state index in [2.05, 4.69) is 12.6 Å². The average Bonchev–Trinajstić information content (AvgIpc) is 2.18. The fourth-order valence-corrected chi connectivity index (χ4v) is 1.15. The van der Waals surface area contributed by atoms with Crippen molar-refractivity contribution in [1.82, 2.24) is 0 Å². The van der Waals surface area contributed by atoms with Crippen LogP contribution in [0, 0.1) is 11.3 Å². The highest BCUT2D eigenvalue weighted by Gasteiger charge is 2.03. The Morgan fingerprint density at radius 3 is 2.86 bits per heavy atom. The van der Waals surface area contributed by atoms with Crippen molar-refractivity contribution in [2.24, 2.45) is 5.73 Å². The Morgan fingerprint density at radius 2 is 2.29 bits per heavy atom. The van der Waals surface area contributed by atoms with E-state index < -0.39 is 0 Å². The van der Waals surface area contributed by atoms with E-state index in [0.717, 1.165) is 12.0 Å². The summed E-state index contributed by atoms with van der Waals surface area (Å²) in [4.78, 5) is 0. The van der Waals surface area contributed by atoms with Crippen LogP contribution in [-0.2, 0) is 0 Å². The van der Waals surface area contributed by atoms with Crippen molar-refractivity contribution >= 4 is 12.4 Å². The molecule has 0 saturated carbocycles. The summed E-state index contributed by atoms with van der Waals surface area (Å²) in [5.74, 6) is 0. The molecule has 2 nitrogen and oxygen atoms in total. The van der Waals surface area contributed by atoms with Crippen LogP contribution >= 0.6 is 12.4 Å². The number of hydrogen-bond acceptors (Lipinski definition) is 2. The lowest BCUT2D eigenvalue weighted by Gasteiger charge is -2.08. The minimum Gasteiger partial charge on any atom is -0.324 e. The first kappa shape index (κ1) is 12.7. The standard InChI is InChI=1S/C11H12N2.ClH/c1-2-4-11(13)10-6-3-5-9(7-10)8-12;/h2-3,5-7,11H,1,4,13H2;1H/t11-;/m0./s1. The summed E-state index contributed by atoms with van der Waals surface area (Å²) in [6, 6.07) is 9.38. The molecule has 0 aliphatic heterocycles. The van der Waals surface area contributed by atoms with Crippen LogP contribution in [0.3, 0.4) is 0 Å². The summed E-state index contributed by atoms with van der Waals surface area (Å²) in [7, 11) is 0. The van der Waals surface area contributed by atoms with Gasteiger partial charge < -0.3 is 5.73 Å². The third-order valence-electron chi connectivity index (χ3n) is 1.86. The molecular weight excluding hydrogens is 196 g/mol. The number of nitrogens with two attached hydrogens (primary N) is 1. The van der Waals surface area contributed by atoms with Crippen molar-refractivity contribution in [2.45, 2.75) is 12.5 Å². The van der Waals surface area contributed by atoms with Crippen LogP contribution in [0.15, 0.2) is 36.9 Å². The highest BCUT2D eigenvalue weighted by molar-refractivity contribution is 5.85. The molecule has 1 aromatic carbocycles. The monoisotopic (exact) mass is 208 g/mol. The van der Waals surface area contributed by atoms with Gasteiger partial charge in [-0.05, 0) is 24.1 Å². The van der Waals surface area contributed by atoms with Gasteiger partial charge in [-0.2, -0.15) is 5.26 Å². The number of nitriles is 1. The van der Waals surface area contributed by atoms with E-state index >= 15 is 0 Å². The predicted octanol–water partition coefficient (Wildman–Crippen LogP) is 2.56. The molecule has 1 rings (SSSR count). The van der Waals surface area contributed by atoms with Crippen molar-refractivity contribution in [3.8, 4) is 6.07 Å². The van der Waals surface area contributed by atoms with E-state index in [0.29, 0.717) is 5.56 Å². The second-order valence-corrected chi connectivity index (χ2v) is 2.87. The van der Waals surface area contributed by atoms with E-state index in [1.807, 2.05) is 18.2 Å². The van der Waals surface area contributed by atoms with Gasteiger partial charge in [0.25, 0.3) is 0 Å². The van der Waals surface area contributed by atoms with Crippen LogP contribution in [0.4, 0.5) is 0 Å². The second kappa shape index (κ2) is 6.20. The molecule has 0 aliphatic carbocycles. The molecule has 0 saturated heterocycles. The SMILES string of the molecule is C=CC[C@H](N)c1cccc(C#N)c1.Cl. The minimum absolute atomic E-state index is 0. The third kappa shape index (κ3) is 3.21. The smallest absolute Gasteiger partial charge is 0.0991 e. The Kier molecular flexibility index (Phi) is 5.62. The lowest BCUT2D eigenvalue weighted by molar-refractivity contribution is 0.741. The zero-order valence-electron chi connectivity index (χ0n) is 7.81. The van der Waals surface area contributed by atoms with Crippen LogP contribution in [-0.4, -0.2) is 0 Å². The summed E-state index contributed by atoms with van der Waals surface area (Å²) in [6.07, 6.45) is 2.51. The second-order valence-electron chi connectivity index (χ2n) is 2.87. The first-order valence-electron chi connectivity index (χ1n) is 4.14. The molecule has 0 amide bonds. The summed E-state index contributed by atoms with van der Waals surface area (Å²) in [5.41, 5.74) is 7.48. The summed E-state index contributed by atoms with van der Waals surface area (Å²) in [5, 5.41) is 8.66. The Labute approximate surface area is 90.5 Å². The quantitative estimate of drug-likeness (QED) is 0.777. The van der Waals surface area contributed by atoms with Gasteiger partial charge in [0, 0.05) is 6.04 Å². The molecule has 0 radical (unpaired) electrons. The molecule has 0 aliphatic rings. The zero-order chi connectivity index (χ0) is 9.68. The van der Waals surface area contributed by atoms with Gasteiger partial charge in [0.2, 0.25) is 0 Å². The molecule has 0 heterocycles.